The van der Waals surface area contributed by atoms with Crippen molar-refractivity contribution >= 4 is 11.8 Å². The average molecular weight is 172 g/mol. The topological polar surface area (TPSA) is 0 Å². The molecule has 0 aromatic carbocycles. The summed E-state index contributed by atoms with van der Waals surface area (Å²) < 4.78 is 0. The van der Waals surface area contributed by atoms with Crippen LogP contribution < -0.4 is 0 Å². The van der Waals surface area contributed by atoms with Crippen LogP contribution in [0.15, 0.2) is 11.0 Å². The zero-order valence-electron chi connectivity index (χ0n) is 8.56. The Kier molecular flexibility index (Phi) is 4.23. The molecule has 0 aliphatic heterocycles. The van der Waals surface area contributed by atoms with Crippen molar-refractivity contribution in [2.45, 2.75) is 46.8 Å². The molecule has 0 radical (unpaired) electrons. The normalized spacial score (nSPS) is 14.3. The van der Waals surface area contributed by atoms with Gasteiger partial charge in [-0.1, -0.05) is 40.7 Å². The first-order chi connectivity index (χ1) is 4.81. The molecule has 0 aromatic heterocycles. The van der Waals surface area contributed by atoms with Crippen LogP contribution in [-0.2, 0) is 0 Å². The fraction of sp³-hybridized carbons (Fsp3) is 0.800. The van der Waals surface area contributed by atoms with E-state index in [4.69, 9.17) is 0 Å². The van der Waals surface area contributed by atoms with Crippen LogP contribution in [0.3, 0.4) is 0 Å². The standard InChI is InChI=1S/C10H20S/c1-8(2)11-9(3)7-10(4,5)6/h7-8H,1-6H3/b9-7+. The number of allylic oxidation sites excluding steroid dienone is 2. The number of thioether (sulfide) groups is 1. The lowest BCUT2D eigenvalue weighted by Gasteiger charge is -2.14. The summed E-state index contributed by atoms with van der Waals surface area (Å²) in [5.74, 6) is 0. The third-order valence-electron chi connectivity index (χ3n) is 1.06. The first kappa shape index (κ1) is 11.1. The summed E-state index contributed by atoms with van der Waals surface area (Å²) in [5.41, 5.74) is 0.325. The van der Waals surface area contributed by atoms with Crippen molar-refractivity contribution in [2.24, 2.45) is 5.41 Å². The first-order valence-corrected chi connectivity index (χ1v) is 5.05. The van der Waals surface area contributed by atoms with Crippen molar-refractivity contribution in [3.63, 3.8) is 0 Å². The monoisotopic (exact) mass is 172 g/mol. The van der Waals surface area contributed by atoms with Gasteiger partial charge in [-0.25, -0.2) is 0 Å². The summed E-state index contributed by atoms with van der Waals surface area (Å²) >= 11 is 1.94. The fourth-order valence-corrected chi connectivity index (χ4v) is 2.18. The predicted octanol–water partition coefficient (Wildman–Crippen LogP) is 4.08. The molecule has 0 bridgehead atoms. The minimum Gasteiger partial charge on any atom is -0.128 e. The van der Waals surface area contributed by atoms with E-state index >= 15 is 0 Å². The second-order valence-corrected chi connectivity index (χ2v) is 6.11. The van der Waals surface area contributed by atoms with Crippen LogP contribution >= 0.6 is 11.8 Å². The lowest BCUT2D eigenvalue weighted by atomic mass is 9.96. The lowest BCUT2D eigenvalue weighted by molar-refractivity contribution is 0.542. The van der Waals surface area contributed by atoms with Gasteiger partial charge in [-0.3, -0.25) is 0 Å². The minimum atomic E-state index is 0.325. The molecule has 0 amide bonds. The van der Waals surface area contributed by atoms with Crippen LogP contribution in [0, 0.1) is 5.41 Å². The molecular weight excluding hydrogens is 152 g/mol. The largest absolute Gasteiger partial charge is 0.128 e. The van der Waals surface area contributed by atoms with E-state index in [1.165, 1.54) is 4.91 Å². The average Bonchev–Trinajstić information content (AvgIpc) is 1.53. The van der Waals surface area contributed by atoms with Gasteiger partial charge < -0.3 is 0 Å². The SMILES string of the molecule is C/C(=C\C(C)(C)C)SC(C)C. The summed E-state index contributed by atoms with van der Waals surface area (Å²) in [5, 5.41) is 0.702. The molecule has 1 heteroatoms. The zero-order valence-corrected chi connectivity index (χ0v) is 9.38. The number of rotatable bonds is 2. The van der Waals surface area contributed by atoms with Crippen LogP contribution in [-0.4, -0.2) is 5.25 Å². The lowest BCUT2D eigenvalue weighted by Crippen LogP contribution is -2.00. The Morgan fingerprint density at radius 3 is 2.00 bits per heavy atom. The van der Waals surface area contributed by atoms with Crippen LogP contribution in [0.25, 0.3) is 0 Å². The minimum absolute atomic E-state index is 0.325. The quantitative estimate of drug-likeness (QED) is 0.605. The van der Waals surface area contributed by atoms with E-state index in [1.807, 2.05) is 11.8 Å². The van der Waals surface area contributed by atoms with E-state index in [2.05, 4.69) is 47.6 Å². The van der Waals surface area contributed by atoms with Crippen molar-refractivity contribution in [1.82, 2.24) is 0 Å². The zero-order chi connectivity index (χ0) is 9.07. The Hall–Kier alpha value is 0.0900. The van der Waals surface area contributed by atoms with E-state index in [9.17, 15) is 0 Å². The molecule has 0 fully saturated rings. The molecular formula is C10H20S. The molecule has 66 valence electrons. The highest BCUT2D eigenvalue weighted by molar-refractivity contribution is 8.03. The third kappa shape index (κ3) is 7.99. The molecule has 0 nitrogen and oxygen atoms in total. The molecule has 0 rings (SSSR count). The van der Waals surface area contributed by atoms with Crippen LogP contribution in [0.2, 0.25) is 0 Å². The molecule has 0 aliphatic rings. The van der Waals surface area contributed by atoms with Gasteiger partial charge in [0.25, 0.3) is 0 Å². The van der Waals surface area contributed by atoms with Gasteiger partial charge >= 0.3 is 0 Å². The van der Waals surface area contributed by atoms with E-state index in [-0.39, 0.29) is 0 Å². The van der Waals surface area contributed by atoms with E-state index in [0.29, 0.717) is 10.7 Å². The van der Waals surface area contributed by atoms with Crippen molar-refractivity contribution in [2.75, 3.05) is 0 Å². The molecule has 0 unspecified atom stereocenters. The maximum atomic E-state index is 2.33. The van der Waals surface area contributed by atoms with Crippen LogP contribution in [0.1, 0.15) is 41.5 Å². The second kappa shape index (κ2) is 4.20. The van der Waals surface area contributed by atoms with Gasteiger partial charge in [-0.15, -0.1) is 11.8 Å². The van der Waals surface area contributed by atoms with Gasteiger partial charge in [0.15, 0.2) is 0 Å². The van der Waals surface area contributed by atoms with Crippen LogP contribution in [0.4, 0.5) is 0 Å². The molecule has 0 saturated heterocycles. The molecule has 0 N–H and O–H groups in total. The molecule has 0 spiro atoms. The van der Waals surface area contributed by atoms with Crippen molar-refractivity contribution < 1.29 is 0 Å². The highest BCUT2D eigenvalue weighted by atomic mass is 32.2. The summed E-state index contributed by atoms with van der Waals surface area (Å²) in [6.07, 6.45) is 2.33. The Morgan fingerprint density at radius 2 is 1.73 bits per heavy atom. The van der Waals surface area contributed by atoms with Gasteiger partial charge in [0.2, 0.25) is 0 Å². The Balaban J connectivity index is 4.01. The fourth-order valence-electron chi connectivity index (χ4n) is 1.02. The third-order valence-corrected chi connectivity index (χ3v) is 2.02. The Labute approximate surface area is 75.5 Å². The molecule has 0 heterocycles. The van der Waals surface area contributed by atoms with E-state index in [1.54, 1.807) is 0 Å². The molecule has 0 aliphatic carbocycles. The van der Waals surface area contributed by atoms with E-state index in [0.717, 1.165) is 0 Å². The molecule has 0 saturated carbocycles. The summed E-state index contributed by atoms with van der Waals surface area (Å²) in [6.45, 7) is 13.3. The molecule has 0 aromatic rings. The number of hydrogen-bond donors (Lipinski definition) is 0. The summed E-state index contributed by atoms with van der Waals surface area (Å²) in [4.78, 5) is 1.44. The smallest absolute Gasteiger partial charge is 0.00343 e. The van der Waals surface area contributed by atoms with Gasteiger partial charge in [0.1, 0.15) is 0 Å². The van der Waals surface area contributed by atoms with Crippen molar-refractivity contribution in [3.8, 4) is 0 Å². The maximum Gasteiger partial charge on any atom is 0.00343 e. The Morgan fingerprint density at radius 1 is 1.27 bits per heavy atom. The second-order valence-electron chi connectivity index (χ2n) is 4.29. The number of hydrogen-bond acceptors (Lipinski definition) is 1. The maximum absolute atomic E-state index is 2.33. The van der Waals surface area contributed by atoms with Crippen LogP contribution in [0.5, 0.6) is 0 Å². The molecule has 0 atom stereocenters. The Bertz CT molecular complexity index is 137. The highest BCUT2D eigenvalue weighted by Gasteiger charge is 2.06. The van der Waals surface area contributed by atoms with Gasteiger partial charge in [-0.05, 0) is 17.2 Å². The van der Waals surface area contributed by atoms with Gasteiger partial charge in [0.05, 0.1) is 0 Å². The van der Waals surface area contributed by atoms with Gasteiger partial charge in [0, 0.05) is 5.25 Å². The van der Waals surface area contributed by atoms with Crippen molar-refractivity contribution in [3.05, 3.63) is 11.0 Å². The summed E-state index contributed by atoms with van der Waals surface area (Å²) in [7, 11) is 0. The summed E-state index contributed by atoms with van der Waals surface area (Å²) in [6, 6.07) is 0. The van der Waals surface area contributed by atoms with E-state index < -0.39 is 0 Å². The highest BCUT2D eigenvalue weighted by Crippen LogP contribution is 2.26. The predicted molar refractivity (Wildman–Crippen MR) is 55.9 cm³/mol. The van der Waals surface area contributed by atoms with Gasteiger partial charge in [-0.2, -0.15) is 0 Å². The van der Waals surface area contributed by atoms with Crippen molar-refractivity contribution in [1.29, 1.82) is 0 Å². The molecule has 11 heavy (non-hydrogen) atoms. The first-order valence-electron chi connectivity index (χ1n) is 4.17.